The van der Waals surface area contributed by atoms with Crippen molar-refractivity contribution in [1.82, 2.24) is 14.6 Å². The molecule has 0 aliphatic heterocycles. The van der Waals surface area contributed by atoms with Gasteiger partial charge < -0.3 is 11.1 Å². The summed E-state index contributed by atoms with van der Waals surface area (Å²) in [6.07, 6.45) is 7.67. The van der Waals surface area contributed by atoms with Crippen molar-refractivity contribution in [3.05, 3.63) is 24.0 Å². The Morgan fingerprint density at radius 2 is 2.11 bits per heavy atom. The number of rotatable bonds is 3. The van der Waals surface area contributed by atoms with E-state index in [1.54, 1.807) is 6.33 Å². The van der Waals surface area contributed by atoms with Crippen molar-refractivity contribution in [2.45, 2.75) is 44.6 Å². The average molecular weight is 259 g/mol. The highest BCUT2D eigenvalue weighted by Crippen LogP contribution is 2.31. The molecule has 0 unspecified atom stereocenters. The molecule has 3 N–H and O–H groups in total. The SMILES string of the molecule is Cc1cc(NC2(CN)CCCCC2)n2ncnc2c1. The minimum atomic E-state index is 0.0188. The molecule has 2 aromatic rings. The molecule has 5 heteroatoms. The number of nitrogens with zero attached hydrogens (tertiary/aromatic N) is 3. The van der Waals surface area contributed by atoms with Crippen molar-refractivity contribution < 1.29 is 0 Å². The van der Waals surface area contributed by atoms with Crippen LogP contribution in [0.2, 0.25) is 0 Å². The first-order valence-corrected chi connectivity index (χ1v) is 7.01. The van der Waals surface area contributed by atoms with Crippen LogP contribution < -0.4 is 11.1 Å². The summed E-state index contributed by atoms with van der Waals surface area (Å²) >= 11 is 0. The van der Waals surface area contributed by atoms with Crippen molar-refractivity contribution >= 4 is 11.5 Å². The molecule has 19 heavy (non-hydrogen) atoms. The largest absolute Gasteiger partial charge is 0.363 e. The molecule has 0 bridgehead atoms. The first kappa shape index (κ1) is 12.4. The number of hydrogen-bond acceptors (Lipinski definition) is 4. The predicted octanol–water partition coefficient (Wildman–Crippen LogP) is 2.11. The van der Waals surface area contributed by atoms with E-state index in [2.05, 4.69) is 28.4 Å². The molecule has 0 amide bonds. The molecule has 2 aromatic heterocycles. The number of anilines is 1. The molecule has 1 fully saturated rings. The normalized spacial score (nSPS) is 18.6. The molecule has 1 saturated carbocycles. The van der Waals surface area contributed by atoms with Crippen LogP contribution in [0.15, 0.2) is 18.5 Å². The fraction of sp³-hybridized carbons (Fsp3) is 0.571. The van der Waals surface area contributed by atoms with Gasteiger partial charge in [-0.1, -0.05) is 19.3 Å². The zero-order chi connectivity index (χ0) is 13.3. The Labute approximate surface area is 113 Å². The third-order valence-electron chi connectivity index (χ3n) is 4.12. The summed E-state index contributed by atoms with van der Waals surface area (Å²) in [6.45, 7) is 2.74. The van der Waals surface area contributed by atoms with E-state index in [0.29, 0.717) is 6.54 Å². The van der Waals surface area contributed by atoms with Gasteiger partial charge in [-0.3, -0.25) is 0 Å². The second kappa shape index (κ2) is 4.81. The maximum absolute atomic E-state index is 6.04. The Hall–Kier alpha value is -1.62. The van der Waals surface area contributed by atoms with Crippen LogP contribution in [-0.2, 0) is 0 Å². The Bertz CT molecular complexity index is 568. The predicted molar refractivity (Wildman–Crippen MR) is 76.2 cm³/mol. The first-order valence-electron chi connectivity index (χ1n) is 7.01. The summed E-state index contributed by atoms with van der Waals surface area (Å²) in [5, 5.41) is 7.94. The summed E-state index contributed by atoms with van der Waals surface area (Å²) in [4.78, 5) is 4.26. The van der Waals surface area contributed by atoms with E-state index in [1.165, 1.54) is 24.8 Å². The zero-order valence-corrected chi connectivity index (χ0v) is 11.4. The third-order valence-corrected chi connectivity index (χ3v) is 4.12. The van der Waals surface area contributed by atoms with Gasteiger partial charge in [0.1, 0.15) is 12.1 Å². The molecule has 3 rings (SSSR count). The summed E-state index contributed by atoms with van der Waals surface area (Å²) in [5.41, 5.74) is 8.12. The molecule has 1 aliphatic rings. The van der Waals surface area contributed by atoms with Gasteiger partial charge in [-0.25, -0.2) is 4.98 Å². The maximum atomic E-state index is 6.04. The van der Waals surface area contributed by atoms with Gasteiger partial charge in [-0.15, -0.1) is 0 Å². The Morgan fingerprint density at radius 1 is 1.32 bits per heavy atom. The van der Waals surface area contributed by atoms with E-state index in [-0.39, 0.29) is 5.54 Å². The summed E-state index contributed by atoms with van der Waals surface area (Å²) < 4.78 is 1.86. The van der Waals surface area contributed by atoms with Gasteiger partial charge in [-0.05, 0) is 37.5 Å². The lowest BCUT2D eigenvalue weighted by atomic mass is 9.81. The fourth-order valence-electron chi connectivity index (χ4n) is 3.03. The standard InChI is InChI=1S/C14H21N5/c1-11-7-12-16-10-17-19(12)13(8-11)18-14(9-15)5-3-2-4-6-14/h7-8,10,18H,2-6,9,15H2,1H3. The van der Waals surface area contributed by atoms with Crippen LogP contribution in [-0.4, -0.2) is 26.7 Å². The second-order valence-corrected chi connectivity index (χ2v) is 5.62. The summed E-state index contributed by atoms with van der Waals surface area (Å²) in [6, 6.07) is 4.15. The number of pyridine rings is 1. The van der Waals surface area contributed by atoms with Gasteiger partial charge in [0.15, 0.2) is 5.65 Å². The van der Waals surface area contributed by atoms with Gasteiger partial charge in [0, 0.05) is 6.54 Å². The van der Waals surface area contributed by atoms with Crippen molar-refractivity contribution in [3.8, 4) is 0 Å². The lowest BCUT2D eigenvalue weighted by molar-refractivity contribution is 0.329. The number of nitrogens with two attached hydrogens (primary N) is 1. The molecule has 0 saturated heterocycles. The van der Waals surface area contributed by atoms with Gasteiger partial charge in [0.05, 0.1) is 5.54 Å². The molecule has 0 atom stereocenters. The average Bonchev–Trinajstić information content (AvgIpc) is 2.88. The minimum Gasteiger partial charge on any atom is -0.363 e. The molecule has 1 aliphatic carbocycles. The molecule has 0 aromatic carbocycles. The molecular formula is C14H21N5. The van der Waals surface area contributed by atoms with E-state index in [4.69, 9.17) is 5.73 Å². The molecule has 0 radical (unpaired) electrons. The smallest absolute Gasteiger partial charge is 0.157 e. The summed E-state index contributed by atoms with van der Waals surface area (Å²) in [5.74, 6) is 1.000. The fourth-order valence-corrected chi connectivity index (χ4v) is 3.03. The van der Waals surface area contributed by atoms with Crippen LogP contribution in [0.4, 0.5) is 5.82 Å². The van der Waals surface area contributed by atoms with Crippen molar-refractivity contribution in [2.24, 2.45) is 5.73 Å². The van der Waals surface area contributed by atoms with E-state index in [0.717, 1.165) is 24.3 Å². The van der Waals surface area contributed by atoms with E-state index < -0.39 is 0 Å². The Balaban J connectivity index is 1.97. The molecule has 0 spiro atoms. The lowest BCUT2D eigenvalue weighted by Crippen LogP contribution is -2.47. The monoisotopic (exact) mass is 259 g/mol. The van der Waals surface area contributed by atoms with Crippen molar-refractivity contribution in [3.63, 3.8) is 0 Å². The second-order valence-electron chi connectivity index (χ2n) is 5.62. The molecule has 5 nitrogen and oxygen atoms in total. The van der Waals surface area contributed by atoms with E-state index in [9.17, 15) is 0 Å². The number of aryl methyl sites for hydroxylation is 1. The topological polar surface area (TPSA) is 68.2 Å². The van der Waals surface area contributed by atoms with Gasteiger partial charge in [-0.2, -0.15) is 9.61 Å². The summed E-state index contributed by atoms with van der Waals surface area (Å²) in [7, 11) is 0. The first-order chi connectivity index (χ1) is 9.22. The lowest BCUT2D eigenvalue weighted by Gasteiger charge is -2.38. The van der Waals surface area contributed by atoms with Crippen LogP contribution >= 0.6 is 0 Å². The third kappa shape index (κ3) is 2.30. The van der Waals surface area contributed by atoms with Crippen LogP contribution in [0.25, 0.3) is 5.65 Å². The molecule has 102 valence electrons. The van der Waals surface area contributed by atoms with Gasteiger partial charge in [0.2, 0.25) is 0 Å². The molecular weight excluding hydrogens is 238 g/mol. The van der Waals surface area contributed by atoms with Crippen LogP contribution in [0.5, 0.6) is 0 Å². The Morgan fingerprint density at radius 3 is 2.84 bits per heavy atom. The Kier molecular flexibility index (Phi) is 3.14. The highest BCUT2D eigenvalue weighted by atomic mass is 15.3. The molecule has 2 heterocycles. The van der Waals surface area contributed by atoms with Gasteiger partial charge >= 0.3 is 0 Å². The van der Waals surface area contributed by atoms with Crippen LogP contribution in [0.1, 0.15) is 37.7 Å². The minimum absolute atomic E-state index is 0.0188. The highest BCUT2D eigenvalue weighted by molar-refractivity contribution is 5.52. The number of aromatic nitrogens is 3. The number of nitrogens with one attached hydrogen (secondary N) is 1. The number of fused-ring (bicyclic) bond motifs is 1. The van der Waals surface area contributed by atoms with E-state index >= 15 is 0 Å². The highest BCUT2D eigenvalue weighted by Gasteiger charge is 2.31. The zero-order valence-electron chi connectivity index (χ0n) is 11.4. The van der Waals surface area contributed by atoms with Crippen molar-refractivity contribution in [1.29, 1.82) is 0 Å². The number of hydrogen-bond donors (Lipinski definition) is 2. The van der Waals surface area contributed by atoms with Crippen LogP contribution in [0.3, 0.4) is 0 Å². The van der Waals surface area contributed by atoms with Crippen molar-refractivity contribution in [2.75, 3.05) is 11.9 Å². The van der Waals surface area contributed by atoms with E-state index in [1.807, 2.05) is 10.6 Å². The quantitative estimate of drug-likeness (QED) is 0.886. The van der Waals surface area contributed by atoms with Gasteiger partial charge in [0.25, 0.3) is 0 Å². The van der Waals surface area contributed by atoms with Crippen LogP contribution in [0, 0.1) is 6.92 Å². The maximum Gasteiger partial charge on any atom is 0.157 e.